The molecule has 0 N–H and O–H groups in total. The van der Waals surface area contributed by atoms with Gasteiger partial charge in [-0.1, -0.05) is 20.8 Å². The molecule has 0 spiro atoms. The quantitative estimate of drug-likeness (QED) is 0.654. The maximum atomic E-state index is 6.05. The number of hydrogen-bond donors (Lipinski definition) is 0. The number of rotatable bonds is 3. The average molecular weight is 214 g/mol. The van der Waals surface area contributed by atoms with Crippen molar-refractivity contribution in [2.45, 2.75) is 58.4 Å². The summed E-state index contributed by atoms with van der Waals surface area (Å²) in [7, 11) is 2.81. The van der Waals surface area contributed by atoms with E-state index in [0.717, 1.165) is 18.3 Å². The molecule has 0 amide bonds. The molecule has 2 rings (SSSR count). The van der Waals surface area contributed by atoms with Gasteiger partial charge in [-0.3, -0.25) is 0 Å². The summed E-state index contributed by atoms with van der Waals surface area (Å²) in [5.74, 6) is 2.15. The van der Waals surface area contributed by atoms with Crippen molar-refractivity contribution in [3.63, 3.8) is 0 Å². The zero-order chi connectivity index (χ0) is 10.3. The Hall–Kier alpha value is 0.390. The first-order valence-electron chi connectivity index (χ1n) is 5.94. The zero-order valence-corrected chi connectivity index (χ0v) is 10.8. The van der Waals surface area contributed by atoms with Crippen LogP contribution >= 0.6 is 9.24 Å². The molecule has 5 atom stereocenters. The third-order valence-corrected chi connectivity index (χ3v) is 4.90. The Morgan fingerprint density at radius 2 is 2.14 bits per heavy atom. The monoisotopic (exact) mass is 214 g/mol. The first-order chi connectivity index (χ1) is 6.53. The Kier molecular flexibility index (Phi) is 2.92. The molecule has 2 saturated carbocycles. The van der Waals surface area contributed by atoms with E-state index in [1.165, 1.54) is 19.3 Å². The SMILES string of the molecule is CCC(P)OC1CC2CC1CC2(C)C. The van der Waals surface area contributed by atoms with Gasteiger partial charge in [-0.2, -0.15) is 0 Å². The highest BCUT2D eigenvalue weighted by atomic mass is 31.0. The first kappa shape index (κ1) is 10.9. The molecule has 2 bridgehead atoms. The largest absolute Gasteiger partial charge is 0.371 e. The smallest absolute Gasteiger partial charge is 0.0709 e. The van der Waals surface area contributed by atoms with Crippen LogP contribution in [0.3, 0.4) is 0 Å². The molecule has 2 aliphatic rings. The van der Waals surface area contributed by atoms with Gasteiger partial charge in [0, 0.05) is 0 Å². The van der Waals surface area contributed by atoms with Crippen LogP contribution in [-0.4, -0.2) is 11.9 Å². The van der Waals surface area contributed by atoms with Gasteiger partial charge in [-0.05, 0) is 42.9 Å². The molecular weight excluding hydrogens is 191 g/mol. The van der Waals surface area contributed by atoms with Crippen LogP contribution in [0.1, 0.15) is 46.5 Å². The van der Waals surface area contributed by atoms with Gasteiger partial charge in [0.05, 0.1) is 11.9 Å². The fourth-order valence-electron chi connectivity index (χ4n) is 3.27. The minimum absolute atomic E-state index is 0.377. The zero-order valence-electron chi connectivity index (χ0n) is 9.62. The van der Waals surface area contributed by atoms with Crippen LogP contribution in [0.25, 0.3) is 0 Å². The van der Waals surface area contributed by atoms with Crippen molar-refractivity contribution >= 4 is 9.24 Å². The van der Waals surface area contributed by atoms with E-state index < -0.39 is 0 Å². The van der Waals surface area contributed by atoms with Gasteiger partial charge in [0.1, 0.15) is 0 Å². The van der Waals surface area contributed by atoms with Crippen molar-refractivity contribution in [1.82, 2.24) is 0 Å². The van der Waals surface area contributed by atoms with Crippen molar-refractivity contribution in [2.24, 2.45) is 17.3 Å². The highest BCUT2D eigenvalue weighted by Gasteiger charge is 2.50. The Morgan fingerprint density at radius 3 is 2.57 bits per heavy atom. The molecule has 1 nitrogen and oxygen atoms in total. The fourth-order valence-corrected chi connectivity index (χ4v) is 3.47. The van der Waals surface area contributed by atoms with Gasteiger partial charge in [-0.25, -0.2) is 0 Å². The summed E-state index contributed by atoms with van der Waals surface area (Å²) in [5.41, 5.74) is 0.590. The van der Waals surface area contributed by atoms with Gasteiger partial charge in [-0.15, -0.1) is 9.24 Å². The third-order valence-electron chi connectivity index (χ3n) is 4.28. The van der Waals surface area contributed by atoms with Crippen molar-refractivity contribution in [3.8, 4) is 0 Å². The lowest BCUT2D eigenvalue weighted by Crippen LogP contribution is -2.30. The highest BCUT2D eigenvalue weighted by Crippen LogP contribution is 2.56. The topological polar surface area (TPSA) is 9.23 Å². The van der Waals surface area contributed by atoms with E-state index in [0.29, 0.717) is 17.4 Å². The Bertz CT molecular complexity index is 214. The summed E-state index contributed by atoms with van der Waals surface area (Å²) >= 11 is 0. The second-order valence-corrected chi connectivity index (χ2v) is 6.49. The minimum atomic E-state index is 0.377. The third kappa shape index (κ3) is 1.86. The second-order valence-electron chi connectivity index (χ2n) is 5.74. The summed E-state index contributed by atoms with van der Waals surface area (Å²) in [6, 6.07) is 0. The van der Waals surface area contributed by atoms with E-state index in [2.05, 4.69) is 30.0 Å². The van der Waals surface area contributed by atoms with E-state index in [1.54, 1.807) is 0 Å². The summed E-state index contributed by atoms with van der Waals surface area (Å²) in [4.78, 5) is 0. The fraction of sp³-hybridized carbons (Fsp3) is 1.00. The molecule has 0 saturated heterocycles. The number of ether oxygens (including phenoxy) is 1. The van der Waals surface area contributed by atoms with Crippen LogP contribution in [0.5, 0.6) is 0 Å². The van der Waals surface area contributed by atoms with Crippen molar-refractivity contribution in [3.05, 3.63) is 0 Å². The summed E-state index contributed by atoms with van der Waals surface area (Å²) in [5, 5.41) is 0. The van der Waals surface area contributed by atoms with Gasteiger partial charge >= 0.3 is 0 Å². The van der Waals surface area contributed by atoms with E-state index in [9.17, 15) is 0 Å². The predicted octanol–water partition coefficient (Wildman–Crippen LogP) is 3.44. The molecule has 82 valence electrons. The van der Waals surface area contributed by atoms with Gasteiger partial charge in [0.2, 0.25) is 0 Å². The molecule has 0 heterocycles. The lowest BCUT2D eigenvalue weighted by molar-refractivity contribution is -0.0193. The molecule has 14 heavy (non-hydrogen) atoms. The molecule has 0 aromatic rings. The van der Waals surface area contributed by atoms with Gasteiger partial charge in [0.25, 0.3) is 0 Å². The van der Waals surface area contributed by atoms with Crippen LogP contribution in [0.15, 0.2) is 0 Å². The Balaban J connectivity index is 1.90. The molecule has 2 aliphatic carbocycles. The molecule has 0 radical (unpaired) electrons. The van der Waals surface area contributed by atoms with Gasteiger partial charge in [0.15, 0.2) is 0 Å². The molecular formula is C12H23OP. The van der Waals surface area contributed by atoms with Crippen molar-refractivity contribution in [2.75, 3.05) is 0 Å². The molecule has 0 aromatic heterocycles. The lowest BCUT2D eigenvalue weighted by atomic mass is 9.76. The van der Waals surface area contributed by atoms with Gasteiger partial charge < -0.3 is 4.74 Å². The predicted molar refractivity (Wildman–Crippen MR) is 63.3 cm³/mol. The summed E-state index contributed by atoms with van der Waals surface area (Å²) in [6.07, 6.45) is 5.78. The van der Waals surface area contributed by atoms with E-state index >= 15 is 0 Å². The average Bonchev–Trinajstić information content (AvgIpc) is 2.59. The van der Waals surface area contributed by atoms with Crippen LogP contribution in [0.2, 0.25) is 0 Å². The normalized spacial score (nSPS) is 41.6. The van der Waals surface area contributed by atoms with Crippen LogP contribution in [0.4, 0.5) is 0 Å². The maximum absolute atomic E-state index is 6.05. The molecule has 2 heteroatoms. The van der Waals surface area contributed by atoms with Crippen LogP contribution in [0, 0.1) is 17.3 Å². The van der Waals surface area contributed by atoms with E-state index in [-0.39, 0.29) is 0 Å². The standard InChI is InChI=1S/C12H23OP/c1-4-11(14)13-10-6-9-5-8(10)7-12(9,2)3/h8-11H,4-7,14H2,1-3H3. The summed E-state index contributed by atoms with van der Waals surface area (Å²) in [6.45, 7) is 7.03. The van der Waals surface area contributed by atoms with Crippen LogP contribution < -0.4 is 0 Å². The summed E-state index contributed by atoms with van der Waals surface area (Å²) < 4.78 is 6.05. The second kappa shape index (κ2) is 3.76. The van der Waals surface area contributed by atoms with E-state index in [1.807, 2.05) is 0 Å². The van der Waals surface area contributed by atoms with E-state index in [4.69, 9.17) is 4.74 Å². The Morgan fingerprint density at radius 1 is 1.43 bits per heavy atom. The molecule has 0 aliphatic heterocycles. The molecule has 0 aromatic carbocycles. The highest BCUT2D eigenvalue weighted by molar-refractivity contribution is 7.17. The number of fused-ring (bicyclic) bond motifs is 2. The first-order valence-corrected chi connectivity index (χ1v) is 6.60. The van der Waals surface area contributed by atoms with Crippen molar-refractivity contribution in [1.29, 1.82) is 0 Å². The minimum Gasteiger partial charge on any atom is -0.371 e. The van der Waals surface area contributed by atoms with Crippen molar-refractivity contribution < 1.29 is 4.74 Å². The van der Waals surface area contributed by atoms with Crippen LogP contribution in [-0.2, 0) is 4.74 Å². The Labute approximate surface area is 90.2 Å². The lowest BCUT2D eigenvalue weighted by Gasteiger charge is -2.34. The number of hydrogen-bond acceptors (Lipinski definition) is 1. The molecule has 5 unspecified atom stereocenters. The maximum Gasteiger partial charge on any atom is 0.0709 e. The molecule has 2 fully saturated rings.